The molecule has 0 aliphatic heterocycles. The van der Waals surface area contributed by atoms with Crippen molar-refractivity contribution in [2.45, 2.75) is 6.92 Å². The molecule has 0 saturated carbocycles. The quantitative estimate of drug-likeness (QED) is 0.672. The number of Topliss-reactive ketones (excluding diaryl/α,β-unsaturated/α-hetero) is 1. The van der Waals surface area contributed by atoms with Gasteiger partial charge in [-0.3, -0.25) is 4.79 Å². The Morgan fingerprint density at radius 3 is 2.24 bits per heavy atom. The Bertz CT molecular complexity index is 913. The van der Waals surface area contributed by atoms with Crippen molar-refractivity contribution in [1.29, 1.82) is 0 Å². The van der Waals surface area contributed by atoms with Crippen molar-refractivity contribution >= 4 is 28.8 Å². The minimum absolute atomic E-state index is 0.0126. The van der Waals surface area contributed by atoms with Gasteiger partial charge in [0.05, 0.1) is 5.69 Å². The molecule has 0 unspecified atom stereocenters. The predicted molar refractivity (Wildman–Crippen MR) is 91.4 cm³/mol. The van der Waals surface area contributed by atoms with E-state index in [1.54, 1.807) is 30.3 Å². The molecule has 0 aliphatic rings. The molecule has 25 heavy (non-hydrogen) atoms. The summed E-state index contributed by atoms with van der Waals surface area (Å²) in [5.74, 6) is -0.546. The van der Waals surface area contributed by atoms with E-state index in [1.807, 2.05) is 0 Å². The normalized spacial score (nSPS) is 10.4. The van der Waals surface area contributed by atoms with Crippen LogP contribution < -0.4 is 10.6 Å². The highest BCUT2D eigenvalue weighted by Crippen LogP contribution is 2.22. The number of nitrogens with one attached hydrogen (secondary N) is 2. The lowest BCUT2D eigenvalue weighted by Gasteiger charge is -2.09. The van der Waals surface area contributed by atoms with Crippen LogP contribution in [0.2, 0.25) is 0 Å². The van der Waals surface area contributed by atoms with Gasteiger partial charge in [0.1, 0.15) is 29.6 Å². The van der Waals surface area contributed by atoms with Crippen LogP contribution >= 0.6 is 0 Å². The molecule has 2 aromatic carbocycles. The van der Waals surface area contributed by atoms with Crippen molar-refractivity contribution in [2.75, 3.05) is 10.6 Å². The number of carbonyl (C=O) groups excluding carboxylic acids is 1. The molecule has 0 fully saturated rings. The molecule has 3 rings (SSSR count). The minimum atomic E-state index is -0.715. The van der Waals surface area contributed by atoms with Gasteiger partial charge in [-0.15, -0.1) is 0 Å². The maximum absolute atomic E-state index is 13.7. The Labute approximate surface area is 142 Å². The molecule has 0 radical (unpaired) electrons. The van der Waals surface area contributed by atoms with Crippen molar-refractivity contribution in [3.8, 4) is 0 Å². The van der Waals surface area contributed by atoms with E-state index < -0.39 is 11.6 Å². The molecule has 0 atom stereocenters. The van der Waals surface area contributed by atoms with Crippen molar-refractivity contribution in [3.05, 3.63) is 72.1 Å². The average molecular weight is 340 g/mol. The molecular weight excluding hydrogens is 326 g/mol. The number of halogens is 2. The van der Waals surface area contributed by atoms with Crippen LogP contribution in [0.5, 0.6) is 0 Å². The summed E-state index contributed by atoms with van der Waals surface area (Å²) in [6.07, 6.45) is 1.32. The number of carbonyl (C=O) groups is 1. The molecule has 0 saturated heterocycles. The summed E-state index contributed by atoms with van der Waals surface area (Å²) in [5, 5.41) is 5.84. The van der Waals surface area contributed by atoms with Gasteiger partial charge in [0.25, 0.3) is 0 Å². The van der Waals surface area contributed by atoms with Gasteiger partial charge >= 0.3 is 0 Å². The maximum Gasteiger partial charge on any atom is 0.159 e. The van der Waals surface area contributed by atoms with Gasteiger partial charge in [0.15, 0.2) is 5.78 Å². The summed E-state index contributed by atoms with van der Waals surface area (Å²) >= 11 is 0. The number of hydrogen-bond donors (Lipinski definition) is 2. The lowest BCUT2D eigenvalue weighted by molar-refractivity contribution is 0.101. The summed E-state index contributed by atoms with van der Waals surface area (Å²) in [6.45, 7) is 1.50. The third kappa shape index (κ3) is 4.14. The van der Waals surface area contributed by atoms with Crippen LogP contribution in [0.3, 0.4) is 0 Å². The van der Waals surface area contributed by atoms with Crippen LogP contribution in [0.15, 0.2) is 54.9 Å². The summed E-state index contributed by atoms with van der Waals surface area (Å²) in [5.41, 5.74) is 1.46. The Hall–Kier alpha value is -3.35. The highest BCUT2D eigenvalue weighted by molar-refractivity contribution is 5.94. The zero-order chi connectivity index (χ0) is 17.8. The van der Waals surface area contributed by atoms with Gasteiger partial charge in [0.2, 0.25) is 0 Å². The maximum atomic E-state index is 13.7. The monoisotopic (exact) mass is 340 g/mol. The predicted octanol–water partition coefficient (Wildman–Crippen LogP) is 4.44. The molecule has 3 aromatic rings. The van der Waals surface area contributed by atoms with Crippen molar-refractivity contribution in [1.82, 2.24) is 9.97 Å². The number of ketones is 1. The second-order valence-electron chi connectivity index (χ2n) is 5.30. The van der Waals surface area contributed by atoms with Crippen LogP contribution in [-0.4, -0.2) is 15.8 Å². The number of rotatable bonds is 5. The Kier molecular flexibility index (Phi) is 4.65. The molecule has 1 heterocycles. The van der Waals surface area contributed by atoms with Gasteiger partial charge in [-0.1, -0.05) is 0 Å². The fourth-order valence-corrected chi connectivity index (χ4v) is 2.16. The molecule has 126 valence electrons. The molecule has 5 nitrogen and oxygen atoms in total. The second-order valence-corrected chi connectivity index (χ2v) is 5.30. The first kappa shape index (κ1) is 16.5. The summed E-state index contributed by atoms with van der Waals surface area (Å²) < 4.78 is 26.6. The second kappa shape index (κ2) is 7.04. The van der Waals surface area contributed by atoms with E-state index in [0.29, 0.717) is 17.2 Å². The lowest BCUT2D eigenvalue weighted by Crippen LogP contribution is -2.00. The van der Waals surface area contributed by atoms with Crippen molar-refractivity contribution < 1.29 is 13.6 Å². The molecule has 0 bridgehead atoms. The third-order valence-corrected chi connectivity index (χ3v) is 3.42. The van der Waals surface area contributed by atoms with Crippen LogP contribution in [0, 0.1) is 11.6 Å². The van der Waals surface area contributed by atoms with Crippen LogP contribution in [-0.2, 0) is 0 Å². The standard InChI is InChI=1S/C18H14F2N4O/c1-11(25)12-2-5-14(6-3-12)23-17-9-18(22-10-21-17)24-16-7-4-13(19)8-15(16)20/h2-10H,1H3,(H2,21,22,23,24). The molecule has 0 amide bonds. The molecule has 0 spiro atoms. The first-order valence-electron chi connectivity index (χ1n) is 7.43. The van der Waals surface area contributed by atoms with Crippen molar-refractivity contribution in [2.24, 2.45) is 0 Å². The zero-order valence-corrected chi connectivity index (χ0v) is 13.3. The largest absolute Gasteiger partial charge is 0.340 e. The number of anilines is 4. The van der Waals surface area contributed by atoms with E-state index in [2.05, 4.69) is 20.6 Å². The fourth-order valence-electron chi connectivity index (χ4n) is 2.16. The number of benzene rings is 2. The lowest BCUT2D eigenvalue weighted by atomic mass is 10.1. The smallest absolute Gasteiger partial charge is 0.159 e. The molecule has 1 aromatic heterocycles. The van der Waals surface area contributed by atoms with E-state index in [1.165, 1.54) is 19.3 Å². The van der Waals surface area contributed by atoms with Gasteiger partial charge in [0, 0.05) is 23.4 Å². The molecule has 0 aliphatic carbocycles. The van der Waals surface area contributed by atoms with Gasteiger partial charge in [-0.25, -0.2) is 18.7 Å². The first-order valence-corrected chi connectivity index (χ1v) is 7.43. The highest BCUT2D eigenvalue weighted by Gasteiger charge is 2.06. The topological polar surface area (TPSA) is 66.9 Å². The molecule has 7 heteroatoms. The highest BCUT2D eigenvalue weighted by atomic mass is 19.1. The van der Waals surface area contributed by atoms with Crippen LogP contribution in [0.25, 0.3) is 0 Å². The average Bonchev–Trinajstić information content (AvgIpc) is 2.58. The number of aromatic nitrogens is 2. The van der Waals surface area contributed by atoms with Gasteiger partial charge < -0.3 is 10.6 Å². The van der Waals surface area contributed by atoms with E-state index in [0.717, 1.165) is 17.8 Å². The Balaban J connectivity index is 1.76. The SMILES string of the molecule is CC(=O)c1ccc(Nc2cc(Nc3ccc(F)cc3F)ncn2)cc1. The third-order valence-electron chi connectivity index (χ3n) is 3.42. The Morgan fingerprint density at radius 2 is 1.60 bits per heavy atom. The molecular formula is C18H14F2N4O. The van der Waals surface area contributed by atoms with Gasteiger partial charge in [-0.2, -0.15) is 0 Å². The van der Waals surface area contributed by atoms with Crippen molar-refractivity contribution in [3.63, 3.8) is 0 Å². The fraction of sp³-hybridized carbons (Fsp3) is 0.0556. The summed E-state index contributed by atoms with van der Waals surface area (Å²) in [6, 6.07) is 11.7. The zero-order valence-electron chi connectivity index (χ0n) is 13.3. The van der Waals surface area contributed by atoms with E-state index in [4.69, 9.17) is 0 Å². The van der Waals surface area contributed by atoms with E-state index in [-0.39, 0.29) is 11.5 Å². The van der Waals surface area contributed by atoms with E-state index in [9.17, 15) is 13.6 Å². The Morgan fingerprint density at radius 1 is 0.920 bits per heavy atom. The van der Waals surface area contributed by atoms with Crippen LogP contribution in [0.4, 0.5) is 31.8 Å². The van der Waals surface area contributed by atoms with E-state index >= 15 is 0 Å². The van der Waals surface area contributed by atoms with Gasteiger partial charge in [-0.05, 0) is 43.3 Å². The number of hydrogen-bond acceptors (Lipinski definition) is 5. The molecule has 2 N–H and O–H groups in total. The first-order chi connectivity index (χ1) is 12.0. The summed E-state index contributed by atoms with van der Waals surface area (Å²) in [4.78, 5) is 19.4. The number of nitrogens with zero attached hydrogens (tertiary/aromatic N) is 2. The minimum Gasteiger partial charge on any atom is -0.340 e. The summed E-state index contributed by atoms with van der Waals surface area (Å²) in [7, 11) is 0. The van der Waals surface area contributed by atoms with Crippen LogP contribution in [0.1, 0.15) is 17.3 Å².